The van der Waals surface area contributed by atoms with Gasteiger partial charge in [0, 0.05) is 6.54 Å². The van der Waals surface area contributed by atoms with Crippen LogP contribution in [0.4, 0.5) is 13.6 Å². The van der Waals surface area contributed by atoms with Crippen LogP contribution in [0.3, 0.4) is 0 Å². The second-order valence-corrected chi connectivity index (χ2v) is 6.30. The van der Waals surface area contributed by atoms with E-state index in [0.717, 1.165) is 5.56 Å². The fourth-order valence-corrected chi connectivity index (χ4v) is 2.23. The number of amides is 2. The largest absolute Gasteiger partial charge is 0.445 e. The zero-order valence-electron chi connectivity index (χ0n) is 15.2. The van der Waals surface area contributed by atoms with E-state index in [-0.39, 0.29) is 13.2 Å². The van der Waals surface area contributed by atoms with E-state index in [4.69, 9.17) is 4.74 Å². The lowest BCUT2D eigenvalue weighted by molar-refractivity contribution is -0.168. The van der Waals surface area contributed by atoms with Crippen LogP contribution in [0.15, 0.2) is 30.3 Å². The highest BCUT2D eigenvalue weighted by molar-refractivity contribution is 5.84. The summed E-state index contributed by atoms with van der Waals surface area (Å²) in [4.78, 5) is 23.5. The highest BCUT2D eigenvalue weighted by Gasteiger charge is 2.51. The molecular weight excluding hydrogens is 346 g/mol. The molecule has 1 rings (SSSR count). The smallest absolute Gasteiger partial charge is 0.407 e. The number of alkyl halides is 2. The molecule has 2 atom stereocenters. The average molecular weight is 372 g/mol. The molecule has 0 aromatic heterocycles. The van der Waals surface area contributed by atoms with Crippen molar-refractivity contribution in [2.24, 2.45) is 5.92 Å². The third-order valence-corrected chi connectivity index (χ3v) is 3.77. The molecule has 0 aliphatic carbocycles. The summed E-state index contributed by atoms with van der Waals surface area (Å²) < 4.78 is 33.4. The van der Waals surface area contributed by atoms with Gasteiger partial charge in [0.1, 0.15) is 12.7 Å². The molecular formula is C18H26F2N2O4. The van der Waals surface area contributed by atoms with Crippen LogP contribution in [0, 0.1) is 5.92 Å². The van der Waals surface area contributed by atoms with Crippen molar-refractivity contribution in [3.05, 3.63) is 35.9 Å². The molecule has 0 saturated carbocycles. The molecule has 8 heteroatoms. The molecule has 0 aliphatic heterocycles. The minimum absolute atomic E-state index is 0.0407. The summed E-state index contributed by atoms with van der Waals surface area (Å²) in [5, 5.41) is 14.3. The minimum Gasteiger partial charge on any atom is -0.445 e. The van der Waals surface area contributed by atoms with Crippen molar-refractivity contribution in [2.75, 3.05) is 6.54 Å². The van der Waals surface area contributed by atoms with Crippen LogP contribution < -0.4 is 10.6 Å². The van der Waals surface area contributed by atoms with Gasteiger partial charge in [-0.1, -0.05) is 51.1 Å². The van der Waals surface area contributed by atoms with Crippen molar-refractivity contribution in [3.63, 3.8) is 0 Å². The predicted octanol–water partition coefficient (Wildman–Crippen LogP) is 2.46. The number of carbonyl (C=O) groups is 2. The number of benzene rings is 1. The number of halogens is 2. The summed E-state index contributed by atoms with van der Waals surface area (Å²) in [7, 11) is 0. The SMILES string of the molecule is CCCNC(=O)C(F)(F)[C@H](O)[C@@H](NC(=O)OCc1ccccc1)C(C)C. The number of carbonyl (C=O) groups excluding carboxylic acids is 2. The highest BCUT2D eigenvalue weighted by atomic mass is 19.3. The first-order valence-corrected chi connectivity index (χ1v) is 8.51. The molecule has 0 saturated heterocycles. The van der Waals surface area contributed by atoms with Gasteiger partial charge in [-0.05, 0) is 17.9 Å². The van der Waals surface area contributed by atoms with Gasteiger partial charge < -0.3 is 20.5 Å². The summed E-state index contributed by atoms with van der Waals surface area (Å²) in [6, 6.07) is 7.48. The fraction of sp³-hybridized carbons (Fsp3) is 0.556. The van der Waals surface area contributed by atoms with Crippen molar-refractivity contribution in [1.82, 2.24) is 10.6 Å². The minimum atomic E-state index is -4.04. The van der Waals surface area contributed by atoms with Gasteiger partial charge in [0.15, 0.2) is 0 Å². The summed E-state index contributed by atoms with van der Waals surface area (Å²) in [5.74, 6) is -6.17. The van der Waals surface area contributed by atoms with Gasteiger partial charge in [-0.25, -0.2) is 4.79 Å². The predicted molar refractivity (Wildman–Crippen MR) is 92.6 cm³/mol. The van der Waals surface area contributed by atoms with Gasteiger partial charge in [0.05, 0.1) is 6.04 Å². The standard InChI is InChI=1S/C18H26F2N2O4/c1-4-10-21-16(24)18(19,20)15(23)14(12(2)3)22-17(25)26-11-13-8-6-5-7-9-13/h5-9,12,14-15,23H,4,10-11H2,1-3H3,(H,21,24)(H,22,25)/t14-,15+/m0/s1. The van der Waals surface area contributed by atoms with Crippen LogP contribution in [-0.2, 0) is 16.1 Å². The summed E-state index contributed by atoms with van der Waals surface area (Å²) in [6.45, 7) is 4.84. The average Bonchev–Trinajstić information content (AvgIpc) is 2.62. The van der Waals surface area contributed by atoms with E-state index in [0.29, 0.717) is 6.42 Å². The van der Waals surface area contributed by atoms with Gasteiger partial charge in [-0.3, -0.25) is 4.79 Å². The summed E-state index contributed by atoms with van der Waals surface area (Å²) in [6.07, 6.45) is -2.85. The zero-order chi connectivity index (χ0) is 19.7. The van der Waals surface area contributed by atoms with Crippen LogP contribution in [0.5, 0.6) is 0 Å². The molecule has 1 aromatic carbocycles. The van der Waals surface area contributed by atoms with Crippen molar-refractivity contribution in [3.8, 4) is 0 Å². The number of aliphatic hydroxyl groups is 1. The first-order valence-electron chi connectivity index (χ1n) is 8.51. The second-order valence-electron chi connectivity index (χ2n) is 6.30. The lowest BCUT2D eigenvalue weighted by Crippen LogP contribution is -2.59. The molecule has 0 radical (unpaired) electrons. The third-order valence-electron chi connectivity index (χ3n) is 3.77. The van der Waals surface area contributed by atoms with Crippen molar-refractivity contribution < 1.29 is 28.2 Å². The Labute approximate surface area is 151 Å². The number of hydrogen-bond donors (Lipinski definition) is 3. The van der Waals surface area contributed by atoms with Crippen LogP contribution in [0.2, 0.25) is 0 Å². The van der Waals surface area contributed by atoms with E-state index in [9.17, 15) is 23.5 Å². The Bertz CT molecular complexity index is 582. The molecule has 0 fully saturated rings. The number of alkyl carbamates (subject to hydrolysis) is 1. The first kappa shape index (κ1) is 21.8. The zero-order valence-corrected chi connectivity index (χ0v) is 15.2. The maximum Gasteiger partial charge on any atom is 0.407 e. The van der Waals surface area contributed by atoms with Gasteiger partial charge >= 0.3 is 12.0 Å². The molecule has 0 aliphatic rings. The summed E-state index contributed by atoms with van der Waals surface area (Å²) >= 11 is 0. The Hall–Kier alpha value is -2.22. The number of ether oxygens (including phenoxy) is 1. The maximum atomic E-state index is 14.2. The van der Waals surface area contributed by atoms with Crippen molar-refractivity contribution in [2.45, 2.75) is 51.9 Å². The molecule has 0 unspecified atom stereocenters. The van der Waals surface area contributed by atoms with Crippen LogP contribution >= 0.6 is 0 Å². The maximum absolute atomic E-state index is 14.2. The number of aliphatic hydroxyl groups excluding tert-OH is 1. The molecule has 2 amide bonds. The summed E-state index contributed by atoms with van der Waals surface area (Å²) in [5.41, 5.74) is 0.730. The quantitative estimate of drug-likeness (QED) is 0.621. The number of rotatable bonds is 9. The monoisotopic (exact) mass is 372 g/mol. The molecule has 0 heterocycles. The van der Waals surface area contributed by atoms with Gasteiger partial charge in [-0.15, -0.1) is 0 Å². The lowest BCUT2D eigenvalue weighted by Gasteiger charge is -2.31. The molecule has 6 nitrogen and oxygen atoms in total. The fourth-order valence-electron chi connectivity index (χ4n) is 2.23. The molecule has 0 bridgehead atoms. The van der Waals surface area contributed by atoms with Crippen LogP contribution in [-0.4, -0.2) is 41.7 Å². The van der Waals surface area contributed by atoms with Gasteiger partial charge in [0.25, 0.3) is 5.91 Å². The van der Waals surface area contributed by atoms with E-state index >= 15 is 0 Å². The molecule has 1 aromatic rings. The van der Waals surface area contributed by atoms with E-state index < -0.39 is 36.0 Å². The Morgan fingerprint density at radius 1 is 1.23 bits per heavy atom. The topological polar surface area (TPSA) is 87.7 Å². The van der Waals surface area contributed by atoms with Gasteiger partial charge in [-0.2, -0.15) is 8.78 Å². The normalized spacial score (nSPS) is 13.8. The third kappa shape index (κ3) is 6.25. The Morgan fingerprint density at radius 2 is 1.85 bits per heavy atom. The van der Waals surface area contributed by atoms with E-state index in [1.807, 2.05) is 0 Å². The van der Waals surface area contributed by atoms with Crippen LogP contribution in [0.1, 0.15) is 32.8 Å². The Balaban J connectivity index is 2.71. The van der Waals surface area contributed by atoms with Crippen molar-refractivity contribution >= 4 is 12.0 Å². The van der Waals surface area contributed by atoms with E-state index in [1.165, 1.54) is 0 Å². The number of hydrogen-bond acceptors (Lipinski definition) is 4. The molecule has 146 valence electrons. The Morgan fingerprint density at radius 3 is 2.38 bits per heavy atom. The molecule has 0 spiro atoms. The highest BCUT2D eigenvalue weighted by Crippen LogP contribution is 2.25. The molecule has 26 heavy (non-hydrogen) atoms. The Kier molecular flexibility index (Phi) is 8.44. The van der Waals surface area contributed by atoms with Gasteiger partial charge in [0.2, 0.25) is 0 Å². The van der Waals surface area contributed by atoms with Crippen LogP contribution in [0.25, 0.3) is 0 Å². The lowest BCUT2D eigenvalue weighted by atomic mass is 9.94. The van der Waals surface area contributed by atoms with E-state index in [2.05, 4.69) is 10.6 Å². The van der Waals surface area contributed by atoms with Crippen molar-refractivity contribution in [1.29, 1.82) is 0 Å². The van der Waals surface area contributed by atoms with E-state index in [1.54, 1.807) is 51.1 Å². The number of nitrogens with one attached hydrogen (secondary N) is 2. The molecule has 3 N–H and O–H groups in total. The first-order chi connectivity index (χ1) is 12.2. The second kappa shape index (κ2) is 10.1.